The van der Waals surface area contributed by atoms with Gasteiger partial charge in [0.2, 0.25) is 0 Å². The summed E-state index contributed by atoms with van der Waals surface area (Å²) in [6.45, 7) is 1.76. The number of likely N-dealkylation sites (tertiary alicyclic amines) is 1. The maximum absolute atomic E-state index is 13.1. The number of rotatable bonds is 5. The first-order valence-electron chi connectivity index (χ1n) is 10.9. The summed E-state index contributed by atoms with van der Waals surface area (Å²) in [5.41, 5.74) is 0.921. The molecule has 170 valence electrons. The Hall–Kier alpha value is -3.88. The van der Waals surface area contributed by atoms with Crippen molar-refractivity contribution in [1.29, 1.82) is 0 Å². The number of ether oxygens (including phenoxy) is 1. The molecule has 33 heavy (non-hydrogen) atoms. The van der Waals surface area contributed by atoms with Crippen molar-refractivity contribution in [2.45, 2.75) is 24.9 Å². The Morgan fingerprint density at radius 3 is 2.42 bits per heavy atom. The van der Waals surface area contributed by atoms with Crippen molar-refractivity contribution in [1.82, 2.24) is 20.4 Å². The Labute approximate surface area is 190 Å². The van der Waals surface area contributed by atoms with E-state index in [2.05, 4.69) is 10.6 Å². The van der Waals surface area contributed by atoms with Crippen LogP contribution in [0.4, 0.5) is 4.79 Å². The summed E-state index contributed by atoms with van der Waals surface area (Å²) in [6, 6.07) is 11.3. The van der Waals surface area contributed by atoms with Crippen LogP contribution in [-0.2, 0) is 16.9 Å². The number of amides is 5. The van der Waals surface area contributed by atoms with Crippen LogP contribution in [0.15, 0.2) is 42.5 Å². The summed E-state index contributed by atoms with van der Waals surface area (Å²) >= 11 is 0. The van der Waals surface area contributed by atoms with E-state index in [9.17, 15) is 19.2 Å². The van der Waals surface area contributed by atoms with E-state index in [1.54, 1.807) is 41.3 Å². The van der Waals surface area contributed by atoms with E-state index in [-0.39, 0.29) is 18.4 Å². The molecule has 0 spiro atoms. The second kappa shape index (κ2) is 7.91. The minimum atomic E-state index is -1.45. The molecule has 2 fully saturated rings. The Morgan fingerprint density at radius 2 is 1.79 bits per heavy atom. The van der Waals surface area contributed by atoms with Gasteiger partial charge in [0.1, 0.15) is 5.75 Å². The Kier molecular flexibility index (Phi) is 5.03. The SMILES string of the molecule is COc1ccc2c(c1)C(=O)N(CC1(c3ccc(C(=O)N4CCCC4)cc3)NC(=O)NC1=O)C2. The highest BCUT2D eigenvalue weighted by Crippen LogP contribution is 2.32. The summed E-state index contributed by atoms with van der Waals surface area (Å²) in [4.78, 5) is 54.2. The van der Waals surface area contributed by atoms with Crippen LogP contribution in [0.5, 0.6) is 5.75 Å². The highest BCUT2D eigenvalue weighted by molar-refractivity contribution is 6.08. The number of hydrogen-bond acceptors (Lipinski definition) is 5. The number of benzene rings is 2. The molecule has 1 unspecified atom stereocenters. The standard InChI is InChI=1S/C24H24N4O5/c1-33-18-9-6-16-13-28(21(30)19(16)12-18)14-24(22(31)25-23(32)26-24)17-7-4-15(5-8-17)20(29)27-10-2-3-11-27/h4-9,12H,2-3,10-11,13-14H2,1H3,(H2,25,26,31,32). The third kappa shape index (κ3) is 3.49. The molecule has 2 N–H and O–H groups in total. The van der Waals surface area contributed by atoms with E-state index in [0.717, 1.165) is 31.5 Å². The van der Waals surface area contributed by atoms with Crippen LogP contribution >= 0.6 is 0 Å². The van der Waals surface area contributed by atoms with Gasteiger partial charge in [0, 0.05) is 30.8 Å². The lowest BCUT2D eigenvalue weighted by atomic mass is 9.88. The van der Waals surface area contributed by atoms with Crippen molar-refractivity contribution >= 4 is 23.8 Å². The van der Waals surface area contributed by atoms with Crippen LogP contribution in [0.1, 0.15) is 44.7 Å². The van der Waals surface area contributed by atoms with Gasteiger partial charge >= 0.3 is 6.03 Å². The highest BCUT2D eigenvalue weighted by atomic mass is 16.5. The second-order valence-electron chi connectivity index (χ2n) is 8.57. The monoisotopic (exact) mass is 448 g/mol. The predicted octanol–water partition coefficient (Wildman–Crippen LogP) is 1.62. The zero-order valence-corrected chi connectivity index (χ0v) is 18.2. The normalized spacial score (nSPS) is 21.8. The summed E-state index contributed by atoms with van der Waals surface area (Å²) in [5, 5.41) is 5.01. The van der Waals surface area contributed by atoms with E-state index in [1.165, 1.54) is 7.11 Å². The molecule has 3 aliphatic rings. The van der Waals surface area contributed by atoms with Gasteiger partial charge in [0.25, 0.3) is 17.7 Å². The molecular formula is C24H24N4O5. The smallest absolute Gasteiger partial charge is 0.322 e. The van der Waals surface area contributed by atoms with Crippen LogP contribution in [0, 0.1) is 0 Å². The van der Waals surface area contributed by atoms with Gasteiger partial charge in [-0.25, -0.2) is 4.79 Å². The lowest BCUT2D eigenvalue weighted by Gasteiger charge is -2.31. The molecule has 9 heteroatoms. The molecule has 5 rings (SSSR count). The lowest BCUT2D eigenvalue weighted by molar-refractivity contribution is -0.124. The third-order valence-electron chi connectivity index (χ3n) is 6.58. The van der Waals surface area contributed by atoms with Crippen LogP contribution in [0.2, 0.25) is 0 Å². The number of nitrogens with zero attached hydrogens (tertiary/aromatic N) is 2. The molecule has 1 atom stereocenters. The van der Waals surface area contributed by atoms with Gasteiger partial charge in [-0.2, -0.15) is 0 Å². The first-order chi connectivity index (χ1) is 15.9. The number of carbonyl (C=O) groups is 4. The molecule has 3 heterocycles. The molecule has 9 nitrogen and oxygen atoms in total. The quantitative estimate of drug-likeness (QED) is 0.676. The first-order valence-corrected chi connectivity index (χ1v) is 10.9. The molecule has 0 saturated carbocycles. The van der Waals surface area contributed by atoms with Crippen molar-refractivity contribution < 1.29 is 23.9 Å². The summed E-state index contributed by atoms with van der Waals surface area (Å²) in [6.07, 6.45) is 1.99. The van der Waals surface area contributed by atoms with E-state index in [0.29, 0.717) is 29.0 Å². The van der Waals surface area contributed by atoms with Crippen molar-refractivity contribution in [3.8, 4) is 5.75 Å². The molecule has 2 saturated heterocycles. The number of hydrogen-bond donors (Lipinski definition) is 2. The largest absolute Gasteiger partial charge is 0.497 e. The van der Waals surface area contributed by atoms with Crippen LogP contribution < -0.4 is 15.4 Å². The van der Waals surface area contributed by atoms with Crippen LogP contribution in [-0.4, -0.2) is 60.3 Å². The van der Waals surface area contributed by atoms with E-state index >= 15 is 0 Å². The van der Waals surface area contributed by atoms with Crippen LogP contribution in [0.25, 0.3) is 0 Å². The number of nitrogens with one attached hydrogen (secondary N) is 2. The van der Waals surface area contributed by atoms with Crippen molar-refractivity contribution in [3.63, 3.8) is 0 Å². The molecule has 0 aromatic heterocycles. The van der Waals surface area contributed by atoms with E-state index < -0.39 is 17.5 Å². The van der Waals surface area contributed by atoms with Gasteiger partial charge in [0.05, 0.1) is 13.7 Å². The van der Waals surface area contributed by atoms with E-state index in [1.807, 2.05) is 11.0 Å². The van der Waals surface area contributed by atoms with Crippen LogP contribution in [0.3, 0.4) is 0 Å². The van der Waals surface area contributed by atoms with Gasteiger partial charge < -0.3 is 19.9 Å². The second-order valence-corrected chi connectivity index (χ2v) is 8.57. The molecule has 3 aliphatic heterocycles. The van der Waals surface area contributed by atoms with E-state index in [4.69, 9.17) is 4.74 Å². The Bertz CT molecular complexity index is 1160. The molecule has 2 aromatic carbocycles. The third-order valence-corrected chi connectivity index (χ3v) is 6.58. The summed E-state index contributed by atoms with van der Waals surface area (Å²) < 4.78 is 5.22. The Balaban J connectivity index is 1.44. The molecular weight excluding hydrogens is 424 g/mol. The van der Waals surface area contributed by atoms with Gasteiger partial charge in [-0.3, -0.25) is 19.7 Å². The van der Waals surface area contributed by atoms with Crippen molar-refractivity contribution in [2.75, 3.05) is 26.7 Å². The summed E-state index contributed by atoms with van der Waals surface area (Å²) in [7, 11) is 1.53. The maximum Gasteiger partial charge on any atom is 0.322 e. The molecule has 5 amide bonds. The number of methoxy groups -OCH3 is 1. The topological polar surface area (TPSA) is 108 Å². The zero-order chi connectivity index (χ0) is 23.2. The van der Waals surface area contributed by atoms with Gasteiger partial charge in [0.15, 0.2) is 5.54 Å². The molecule has 2 aromatic rings. The maximum atomic E-state index is 13.1. The average Bonchev–Trinajstić information content (AvgIpc) is 3.53. The number of carbonyl (C=O) groups excluding carboxylic acids is 4. The number of fused-ring (bicyclic) bond motifs is 1. The average molecular weight is 448 g/mol. The minimum absolute atomic E-state index is 0.0418. The van der Waals surface area contributed by atoms with Gasteiger partial charge in [-0.15, -0.1) is 0 Å². The number of imide groups is 1. The minimum Gasteiger partial charge on any atom is -0.497 e. The fourth-order valence-corrected chi connectivity index (χ4v) is 4.78. The first kappa shape index (κ1) is 21.0. The van der Waals surface area contributed by atoms with Gasteiger partial charge in [-0.1, -0.05) is 18.2 Å². The molecule has 0 aliphatic carbocycles. The van der Waals surface area contributed by atoms with Crippen molar-refractivity contribution in [3.05, 3.63) is 64.7 Å². The fourth-order valence-electron chi connectivity index (χ4n) is 4.78. The molecule has 0 radical (unpaired) electrons. The predicted molar refractivity (Wildman–Crippen MR) is 118 cm³/mol. The van der Waals surface area contributed by atoms with Crippen molar-refractivity contribution in [2.24, 2.45) is 0 Å². The lowest BCUT2D eigenvalue weighted by Crippen LogP contribution is -2.52. The Morgan fingerprint density at radius 1 is 1.06 bits per heavy atom. The number of urea groups is 1. The fraction of sp³-hybridized carbons (Fsp3) is 0.333. The van der Waals surface area contributed by atoms with Gasteiger partial charge in [-0.05, 0) is 48.2 Å². The highest BCUT2D eigenvalue weighted by Gasteiger charge is 2.50. The molecule has 0 bridgehead atoms. The summed E-state index contributed by atoms with van der Waals surface area (Å²) in [5.74, 6) is -0.249. The zero-order valence-electron chi connectivity index (χ0n) is 18.2.